The van der Waals surface area contributed by atoms with E-state index in [9.17, 15) is 9.50 Å². The van der Waals surface area contributed by atoms with Gasteiger partial charge in [0, 0.05) is 46.9 Å². The number of fused-ring (bicyclic) bond motifs is 2. The Balaban J connectivity index is 1.78. The Morgan fingerprint density at radius 1 is 1.24 bits per heavy atom. The number of aliphatic hydroxyl groups excluding tert-OH is 1. The Bertz CT molecular complexity index is 1310. The lowest BCUT2D eigenvalue weighted by Gasteiger charge is -2.37. The van der Waals surface area contributed by atoms with Crippen LogP contribution in [0, 0.1) is 22.8 Å². The third-order valence-corrected chi connectivity index (χ3v) is 6.60. The molecule has 2 aliphatic heterocycles. The highest BCUT2D eigenvalue weighted by atomic mass is 127. The number of benzene rings is 1. The summed E-state index contributed by atoms with van der Waals surface area (Å²) in [6.45, 7) is 1.59. The van der Waals surface area contributed by atoms with Gasteiger partial charge in [0.05, 0.1) is 36.4 Å². The van der Waals surface area contributed by atoms with Crippen molar-refractivity contribution in [2.75, 3.05) is 36.5 Å². The molecular weight excluding hydrogens is 563 g/mol. The van der Waals surface area contributed by atoms with Crippen LogP contribution in [-0.4, -0.2) is 52.9 Å². The number of ether oxygens (including phenoxy) is 1. The van der Waals surface area contributed by atoms with Crippen molar-refractivity contribution in [2.24, 2.45) is 0 Å². The van der Waals surface area contributed by atoms with Gasteiger partial charge in [0.1, 0.15) is 17.2 Å². The molecule has 1 saturated heterocycles. The van der Waals surface area contributed by atoms with Crippen molar-refractivity contribution in [3.05, 3.63) is 41.1 Å². The minimum Gasteiger partial charge on any atom is -0.467 e. The smallest absolute Gasteiger partial charge is 0.316 e. The standard InChI is InChI=1S/C22H18F2IN5O2S/c1-32-22-26-10-15-18(27-22)17(24)21(28-20(15)29-6-2-7-29)30-11-13(31)9-12-3-4-16(23)14(19(12)30)5-8-33-25/h3-4,10,13,31H,2,6-7,9,11H2,1H3. The molecule has 170 valence electrons. The first-order valence-electron chi connectivity index (χ1n) is 10.2. The number of rotatable bonds is 3. The molecule has 7 nitrogen and oxygen atoms in total. The number of nitrogens with zero attached hydrogens (tertiary/aromatic N) is 5. The average Bonchev–Trinajstić information content (AvgIpc) is 2.78. The second-order valence-electron chi connectivity index (χ2n) is 7.74. The Kier molecular flexibility index (Phi) is 6.15. The van der Waals surface area contributed by atoms with Gasteiger partial charge in [-0.3, -0.25) is 0 Å². The van der Waals surface area contributed by atoms with E-state index in [2.05, 4.69) is 26.1 Å². The molecule has 1 aromatic carbocycles. The van der Waals surface area contributed by atoms with Crippen LogP contribution in [0.15, 0.2) is 18.3 Å². The zero-order valence-corrected chi connectivity index (χ0v) is 20.5. The van der Waals surface area contributed by atoms with Crippen LogP contribution in [0.25, 0.3) is 10.9 Å². The Morgan fingerprint density at radius 2 is 2.06 bits per heavy atom. The highest BCUT2D eigenvalue weighted by molar-refractivity contribution is 14.2. The summed E-state index contributed by atoms with van der Waals surface area (Å²) in [4.78, 5) is 16.6. The number of anilines is 3. The summed E-state index contributed by atoms with van der Waals surface area (Å²) in [6.07, 6.45) is 2.02. The SMILES string of the molecule is COc1ncc2c(N3CCC3)nc(N3CC(O)Cc4ccc(F)c(C#CSI)c43)c(F)c2n1. The first kappa shape index (κ1) is 22.4. The van der Waals surface area contributed by atoms with Crippen LogP contribution in [0.4, 0.5) is 26.1 Å². The maximum Gasteiger partial charge on any atom is 0.316 e. The molecule has 0 aliphatic carbocycles. The van der Waals surface area contributed by atoms with E-state index in [1.807, 2.05) is 26.1 Å². The molecule has 2 aliphatic rings. The van der Waals surface area contributed by atoms with Gasteiger partial charge in [-0.2, -0.15) is 4.98 Å². The van der Waals surface area contributed by atoms with E-state index in [1.54, 1.807) is 6.07 Å². The molecule has 0 amide bonds. The van der Waals surface area contributed by atoms with Gasteiger partial charge in [-0.1, -0.05) is 6.07 Å². The Morgan fingerprint density at radius 3 is 2.76 bits per heavy atom. The molecule has 2 aromatic heterocycles. The van der Waals surface area contributed by atoms with Crippen molar-refractivity contribution in [3.8, 4) is 17.2 Å². The van der Waals surface area contributed by atoms with E-state index in [0.29, 0.717) is 28.9 Å². The maximum atomic E-state index is 16.0. The van der Waals surface area contributed by atoms with Crippen LogP contribution in [0.2, 0.25) is 0 Å². The number of aliphatic hydroxyl groups is 1. The van der Waals surface area contributed by atoms with E-state index in [0.717, 1.165) is 19.5 Å². The van der Waals surface area contributed by atoms with E-state index in [-0.39, 0.29) is 29.5 Å². The predicted octanol–water partition coefficient (Wildman–Crippen LogP) is 3.97. The fourth-order valence-corrected chi connectivity index (χ4v) is 4.61. The van der Waals surface area contributed by atoms with Gasteiger partial charge in [-0.25, -0.2) is 18.7 Å². The van der Waals surface area contributed by atoms with Crippen LogP contribution in [-0.2, 0) is 6.42 Å². The molecule has 0 spiro atoms. The molecule has 33 heavy (non-hydrogen) atoms. The highest BCUT2D eigenvalue weighted by Gasteiger charge is 2.33. The van der Waals surface area contributed by atoms with Crippen molar-refractivity contribution in [1.82, 2.24) is 15.0 Å². The maximum absolute atomic E-state index is 16.0. The third-order valence-electron chi connectivity index (χ3n) is 5.76. The molecule has 3 aromatic rings. The summed E-state index contributed by atoms with van der Waals surface area (Å²) in [5.41, 5.74) is 1.29. The topological polar surface area (TPSA) is 74.6 Å². The highest BCUT2D eigenvalue weighted by Crippen LogP contribution is 2.41. The van der Waals surface area contributed by atoms with Crippen LogP contribution in [0.1, 0.15) is 17.5 Å². The first-order valence-corrected chi connectivity index (χ1v) is 13.6. The lowest BCUT2D eigenvalue weighted by Crippen LogP contribution is -2.40. The van der Waals surface area contributed by atoms with Gasteiger partial charge in [0.2, 0.25) is 0 Å². The van der Waals surface area contributed by atoms with Crippen molar-refractivity contribution in [2.45, 2.75) is 18.9 Å². The summed E-state index contributed by atoms with van der Waals surface area (Å²) >= 11 is 2.01. The number of halogens is 3. The Labute approximate surface area is 205 Å². The molecular formula is C22H18F2IN5O2S. The third kappa shape index (κ3) is 3.94. The van der Waals surface area contributed by atoms with Gasteiger partial charge < -0.3 is 19.6 Å². The fourth-order valence-electron chi connectivity index (χ4n) is 4.14. The number of pyridine rings is 1. The van der Waals surface area contributed by atoms with Gasteiger partial charge >= 0.3 is 6.01 Å². The van der Waals surface area contributed by atoms with Crippen LogP contribution < -0.4 is 14.5 Å². The van der Waals surface area contributed by atoms with Crippen LogP contribution in [0.3, 0.4) is 0 Å². The molecule has 4 heterocycles. The summed E-state index contributed by atoms with van der Waals surface area (Å²) in [5, 5.41) is 13.8. The monoisotopic (exact) mass is 581 g/mol. The predicted molar refractivity (Wildman–Crippen MR) is 132 cm³/mol. The van der Waals surface area contributed by atoms with Gasteiger partial charge in [-0.05, 0) is 38.2 Å². The fraction of sp³-hybridized carbons (Fsp3) is 0.318. The molecule has 1 unspecified atom stereocenters. The van der Waals surface area contributed by atoms with Crippen molar-refractivity contribution in [1.29, 1.82) is 0 Å². The average molecular weight is 581 g/mol. The van der Waals surface area contributed by atoms with E-state index < -0.39 is 17.7 Å². The summed E-state index contributed by atoms with van der Waals surface area (Å²) in [5.74, 6) is 2.14. The summed E-state index contributed by atoms with van der Waals surface area (Å²) in [6, 6.07) is 2.96. The van der Waals surface area contributed by atoms with E-state index in [1.165, 1.54) is 33.2 Å². The van der Waals surface area contributed by atoms with Crippen LogP contribution >= 0.6 is 30.1 Å². The molecule has 0 bridgehead atoms. The lowest BCUT2D eigenvalue weighted by molar-refractivity contribution is 0.178. The molecule has 5 rings (SSSR count). The minimum atomic E-state index is -0.785. The zero-order valence-electron chi connectivity index (χ0n) is 17.5. The van der Waals surface area contributed by atoms with Gasteiger partial charge in [-0.15, -0.1) is 0 Å². The number of hydrogen-bond acceptors (Lipinski definition) is 8. The number of β-amino-alcohol motifs (C(OH)–C–C–N with tert-alkyl or cyclic N) is 1. The van der Waals surface area contributed by atoms with Gasteiger partial charge in [0.25, 0.3) is 0 Å². The number of aromatic nitrogens is 3. The molecule has 0 radical (unpaired) electrons. The van der Waals surface area contributed by atoms with Crippen molar-refractivity contribution < 1.29 is 18.6 Å². The molecule has 0 saturated carbocycles. The zero-order chi connectivity index (χ0) is 23.1. The second kappa shape index (κ2) is 9.08. The van der Waals surface area contributed by atoms with E-state index in [4.69, 9.17) is 4.74 Å². The van der Waals surface area contributed by atoms with Crippen LogP contribution in [0.5, 0.6) is 6.01 Å². The van der Waals surface area contributed by atoms with Gasteiger partial charge in [0.15, 0.2) is 11.6 Å². The first-order chi connectivity index (χ1) is 16.0. The lowest BCUT2D eigenvalue weighted by atomic mass is 9.95. The largest absolute Gasteiger partial charge is 0.467 e. The molecule has 1 fully saturated rings. The minimum absolute atomic E-state index is 0.0314. The number of hydrogen-bond donors (Lipinski definition) is 1. The van der Waals surface area contributed by atoms with E-state index >= 15 is 4.39 Å². The Hall–Kier alpha value is -2.43. The second-order valence-corrected chi connectivity index (χ2v) is 9.42. The molecule has 1 atom stereocenters. The summed E-state index contributed by atoms with van der Waals surface area (Å²) < 4.78 is 35.9. The summed E-state index contributed by atoms with van der Waals surface area (Å²) in [7, 11) is 2.64. The quantitative estimate of drug-likeness (QED) is 0.368. The molecule has 11 heteroatoms. The normalized spacial score (nSPS) is 17.3. The van der Waals surface area contributed by atoms with Crippen molar-refractivity contribution >= 4 is 58.4 Å². The van der Waals surface area contributed by atoms with Crippen molar-refractivity contribution in [3.63, 3.8) is 0 Å². The molecule has 1 N–H and O–H groups in total. The number of methoxy groups -OCH3 is 1.